The maximum absolute atomic E-state index is 5.94. The van der Waals surface area contributed by atoms with Crippen molar-refractivity contribution < 1.29 is 0 Å². The minimum absolute atomic E-state index is 0.0694. The molecule has 2 rings (SSSR count). The average Bonchev–Trinajstić information content (AvgIpc) is 2.63. The standard InChI is InChI=1S/C9H12ClN5/c1-7(10)5-14(2)8-9-13-12-6-15(9)4-3-11-8/h3-4,6-7H,5H2,1-2H3. The minimum Gasteiger partial charge on any atom is -0.355 e. The number of halogens is 1. The van der Waals surface area contributed by atoms with Gasteiger partial charge in [-0.25, -0.2) is 4.98 Å². The van der Waals surface area contributed by atoms with E-state index in [0.29, 0.717) is 0 Å². The van der Waals surface area contributed by atoms with E-state index in [1.165, 1.54) is 0 Å². The summed E-state index contributed by atoms with van der Waals surface area (Å²) in [5.41, 5.74) is 0.748. The maximum atomic E-state index is 5.94. The largest absolute Gasteiger partial charge is 0.355 e. The van der Waals surface area contributed by atoms with Crippen molar-refractivity contribution in [1.29, 1.82) is 0 Å². The average molecular weight is 226 g/mol. The number of rotatable bonds is 3. The zero-order valence-corrected chi connectivity index (χ0v) is 9.39. The van der Waals surface area contributed by atoms with E-state index >= 15 is 0 Å². The predicted octanol–water partition coefficient (Wildman–Crippen LogP) is 1.19. The molecule has 0 aliphatic heterocycles. The molecule has 0 aliphatic rings. The van der Waals surface area contributed by atoms with Crippen LogP contribution in [0.15, 0.2) is 18.7 Å². The van der Waals surface area contributed by atoms with Gasteiger partial charge < -0.3 is 4.90 Å². The third kappa shape index (κ3) is 2.02. The smallest absolute Gasteiger partial charge is 0.203 e. The lowest BCUT2D eigenvalue weighted by atomic mass is 10.4. The highest BCUT2D eigenvalue weighted by Gasteiger charge is 2.11. The van der Waals surface area contributed by atoms with Gasteiger partial charge in [0.15, 0.2) is 5.82 Å². The van der Waals surface area contributed by atoms with Crippen LogP contribution in [0.5, 0.6) is 0 Å². The summed E-state index contributed by atoms with van der Waals surface area (Å²) in [6.07, 6.45) is 5.19. The summed E-state index contributed by atoms with van der Waals surface area (Å²) in [5, 5.41) is 7.92. The number of hydrogen-bond acceptors (Lipinski definition) is 4. The fourth-order valence-corrected chi connectivity index (χ4v) is 1.69. The molecule has 0 fully saturated rings. The number of hydrogen-bond donors (Lipinski definition) is 0. The zero-order chi connectivity index (χ0) is 10.8. The van der Waals surface area contributed by atoms with Crippen molar-refractivity contribution in [2.75, 3.05) is 18.5 Å². The molecule has 2 heterocycles. The van der Waals surface area contributed by atoms with E-state index in [0.717, 1.165) is 18.0 Å². The lowest BCUT2D eigenvalue weighted by Gasteiger charge is -2.19. The summed E-state index contributed by atoms with van der Waals surface area (Å²) in [5.74, 6) is 0.794. The quantitative estimate of drug-likeness (QED) is 0.737. The summed E-state index contributed by atoms with van der Waals surface area (Å²) >= 11 is 5.94. The van der Waals surface area contributed by atoms with Crippen LogP contribution in [0.3, 0.4) is 0 Å². The molecule has 2 aromatic heterocycles. The highest BCUT2D eigenvalue weighted by atomic mass is 35.5. The number of nitrogens with zero attached hydrogens (tertiary/aromatic N) is 5. The second-order valence-corrected chi connectivity index (χ2v) is 4.22. The Kier molecular flexibility index (Phi) is 2.73. The van der Waals surface area contributed by atoms with Crippen LogP contribution in [0.25, 0.3) is 5.65 Å². The number of aromatic nitrogens is 4. The van der Waals surface area contributed by atoms with Crippen molar-refractivity contribution >= 4 is 23.1 Å². The van der Waals surface area contributed by atoms with Gasteiger partial charge in [-0.15, -0.1) is 21.8 Å². The Labute approximate surface area is 92.7 Å². The maximum Gasteiger partial charge on any atom is 0.203 e. The molecule has 0 aliphatic carbocycles. The molecular formula is C9H12ClN5. The molecule has 0 aromatic carbocycles. The van der Waals surface area contributed by atoms with Crippen LogP contribution in [-0.2, 0) is 0 Å². The van der Waals surface area contributed by atoms with Gasteiger partial charge in [-0.1, -0.05) is 0 Å². The van der Waals surface area contributed by atoms with E-state index in [-0.39, 0.29) is 5.38 Å². The summed E-state index contributed by atoms with van der Waals surface area (Å²) in [4.78, 5) is 6.25. The van der Waals surface area contributed by atoms with E-state index in [1.54, 1.807) is 12.5 Å². The molecule has 1 unspecified atom stereocenters. The zero-order valence-electron chi connectivity index (χ0n) is 8.63. The molecule has 0 bridgehead atoms. The Hall–Kier alpha value is -1.36. The fourth-order valence-electron chi connectivity index (χ4n) is 1.48. The van der Waals surface area contributed by atoms with Gasteiger partial charge in [0, 0.05) is 31.4 Å². The Morgan fingerprint density at radius 3 is 3.13 bits per heavy atom. The third-order valence-electron chi connectivity index (χ3n) is 2.08. The summed E-state index contributed by atoms with van der Waals surface area (Å²) in [6.45, 7) is 2.67. The predicted molar refractivity (Wildman–Crippen MR) is 59.4 cm³/mol. The van der Waals surface area contributed by atoms with Gasteiger partial charge in [0.25, 0.3) is 0 Å². The van der Waals surface area contributed by atoms with Gasteiger partial charge in [-0.2, -0.15) is 0 Å². The lowest BCUT2D eigenvalue weighted by Crippen LogP contribution is -2.25. The second kappa shape index (κ2) is 4.02. The summed E-state index contributed by atoms with van der Waals surface area (Å²) in [6, 6.07) is 0. The van der Waals surface area contributed by atoms with Crippen LogP contribution in [0.1, 0.15) is 6.92 Å². The van der Waals surface area contributed by atoms with Crippen LogP contribution < -0.4 is 4.90 Å². The first-order valence-corrected chi connectivity index (χ1v) is 5.11. The topological polar surface area (TPSA) is 46.3 Å². The van der Waals surface area contributed by atoms with E-state index in [9.17, 15) is 0 Å². The Morgan fingerprint density at radius 1 is 1.60 bits per heavy atom. The molecule has 5 nitrogen and oxygen atoms in total. The van der Waals surface area contributed by atoms with Crippen molar-refractivity contribution in [3.05, 3.63) is 18.7 Å². The molecule has 80 valence electrons. The lowest BCUT2D eigenvalue weighted by molar-refractivity contribution is 0.841. The fraction of sp³-hybridized carbons (Fsp3) is 0.444. The van der Waals surface area contributed by atoms with Crippen LogP contribution >= 0.6 is 11.6 Å². The monoisotopic (exact) mass is 225 g/mol. The molecule has 0 N–H and O–H groups in total. The van der Waals surface area contributed by atoms with Crippen molar-refractivity contribution in [2.45, 2.75) is 12.3 Å². The van der Waals surface area contributed by atoms with Gasteiger partial charge in [0.05, 0.1) is 0 Å². The molecule has 1 atom stereocenters. The molecule has 0 radical (unpaired) electrons. The number of fused-ring (bicyclic) bond motifs is 1. The minimum atomic E-state index is 0.0694. The van der Waals surface area contributed by atoms with Crippen LogP contribution in [0.4, 0.5) is 5.82 Å². The Balaban J connectivity index is 2.38. The highest BCUT2D eigenvalue weighted by Crippen LogP contribution is 2.15. The van der Waals surface area contributed by atoms with Gasteiger partial charge in [-0.05, 0) is 6.92 Å². The van der Waals surface area contributed by atoms with Crippen LogP contribution in [0, 0.1) is 0 Å². The van der Waals surface area contributed by atoms with Crippen molar-refractivity contribution in [3.8, 4) is 0 Å². The summed E-state index contributed by atoms with van der Waals surface area (Å²) in [7, 11) is 1.94. The van der Waals surface area contributed by atoms with E-state index < -0.39 is 0 Å². The molecule has 2 aromatic rings. The third-order valence-corrected chi connectivity index (χ3v) is 2.22. The Morgan fingerprint density at radius 2 is 2.40 bits per heavy atom. The van der Waals surface area contributed by atoms with Gasteiger partial charge in [0.1, 0.15) is 6.33 Å². The van der Waals surface area contributed by atoms with E-state index in [2.05, 4.69) is 15.2 Å². The van der Waals surface area contributed by atoms with Gasteiger partial charge in [-0.3, -0.25) is 4.40 Å². The van der Waals surface area contributed by atoms with Crippen molar-refractivity contribution in [3.63, 3.8) is 0 Å². The first kappa shape index (κ1) is 10.2. The number of anilines is 1. The van der Waals surface area contributed by atoms with Crippen LogP contribution in [0.2, 0.25) is 0 Å². The SMILES string of the molecule is CC(Cl)CN(C)c1nccn2cnnc12. The molecular weight excluding hydrogens is 214 g/mol. The molecule has 0 saturated carbocycles. The van der Waals surface area contributed by atoms with E-state index in [1.807, 2.05) is 29.5 Å². The van der Waals surface area contributed by atoms with Crippen molar-refractivity contribution in [2.24, 2.45) is 0 Å². The highest BCUT2D eigenvalue weighted by molar-refractivity contribution is 6.20. The molecule has 0 spiro atoms. The van der Waals surface area contributed by atoms with Gasteiger partial charge in [0.2, 0.25) is 5.65 Å². The molecule has 15 heavy (non-hydrogen) atoms. The van der Waals surface area contributed by atoms with Crippen molar-refractivity contribution in [1.82, 2.24) is 19.6 Å². The van der Waals surface area contributed by atoms with E-state index in [4.69, 9.17) is 11.6 Å². The normalized spacial score (nSPS) is 13.0. The van der Waals surface area contributed by atoms with Crippen LogP contribution in [-0.4, -0.2) is 38.6 Å². The molecule has 6 heteroatoms. The molecule has 0 amide bonds. The van der Waals surface area contributed by atoms with Gasteiger partial charge >= 0.3 is 0 Å². The first-order chi connectivity index (χ1) is 7.18. The summed E-state index contributed by atoms with van der Waals surface area (Å²) < 4.78 is 1.83. The second-order valence-electron chi connectivity index (χ2n) is 3.47. The first-order valence-electron chi connectivity index (χ1n) is 4.68. The Bertz CT molecular complexity index is 452. The molecule has 0 saturated heterocycles. The number of alkyl halides is 1.